The Hall–Kier alpha value is -1.39. The summed E-state index contributed by atoms with van der Waals surface area (Å²) in [5, 5.41) is 0. The van der Waals surface area contributed by atoms with Crippen molar-refractivity contribution in [2.24, 2.45) is 0 Å². The van der Waals surface area contributed by atoms with E-state index in [0.717, 1.165) is 5.56 Å². The number of methoxy groups -OCH3 is 1. The fourth-order valence-corrected chi connectivity index (χ4v) is 1.32. The van der Waals surface area contributed by atoms with Gasteiger partial charge in [0, 0.05) is 13.7 Å². The molecule has 4 nitrogen and oxygen atoms in total. The van der Waals surface area contributed by atoms with Crippen molar-refractivity contribution in [2.45, 2.75) is 13.5 Å². The van der Waals surface area contributed by atoms with Gasteiger partial charge in [0.15, 0.2) is 0 Å². The van der Waals surface area contributed by atoms with Gasteiger partial charge in [-0.1, -0.05) is 12.1 Å². The lowest BCUT2D eigenvalue weighted by Crippen LogP contribution is -2.10. The topological polar surface area (TPSA) is 44.8 Å². The number of hydrogen-bond acceptors (Lipinski definition) is 4. The van der Waals surface area contributed by atoms with Crippen LogP contribution in [0.4, 0.5) is 0 Å². The molecule has 0 spiro atoms. The minimum absolute atomic E-state index is 0.284. The number of esters is 1. The van der Waals surface area contributed by atoms with E-state index in [-0.39, 0.29) is 12.6 Å². The van der Waals surface area contributed by atoms with Crippen LogP contribution in [0.2, 0.25) is 0 Å². The van der Waals surface area contributed by atoms with Gasteiger partial charge in [-0.25, -0.2) is 4.79 Å². The minimum Gasteiger partial charge on any atom is -0.460 e. The monoisotopic (exact) mass is 238 g/mol. The van der Waals surface area contributed by atoms with Crippen LogP contribution in [-0.2, 0) is 20.8 Å². The Kier molecular flexibility index (Phi) is 6.29. The molecule has 4 heteroatoms. The van der Waals surface area contributed by atoms with E-state index in [1.54, 1.807) is 19.2 Å². The molecule has 0 N–H and O–H groups in total. The van der Waals surface area contributed by atoms with Gasteiger partial charge in [0.25, 0.3) is 0 Å². The average Bonchev–Trinajstić information content (AvgIpc) is 2.36. The summed E-state index contributed by atoms with van der Waals surface area (Å²) in [5.74, 6) is -0.325. The smallest absolute Gasteiger partial charge is 0.338 e. The Balaban J connectivity index is 2.40. The van der Waals surface area contributed by atoms with E-state index in [1.807, 2.05) is 19.1 Å². The van der Waals surface area contributed by atoms with Gasteiger partial charge < -0.3 is 14.2 Å². The number of carbonyl (C=O) groups is 1. The summed E-state index contributed by atoms with van der Waals surface area (Å²) in [6.07, 6.45) is 0. The third-order valence-electron chi connectivity index (χ3n) is 2.17. The molecule has 0 aliphatic heterocycles. The highest BCUT2D eigenvalue weighted by Crippen LogP contribution is 2.06. The number of hydrogen-bond donors (Lipinski definition) is 0. The van der Waals surface area contributed by atoms with Crippen molar-refractivity contribution in [3.05, 3.63) is 35.4 Å². The molecular formula is C13H18O4. The molecule has 1 rings (SSSR count). The molecule has 0 bridgehead atoms. The molecule has 0 saturated heterocycles. The Labute approximate surface area is 101 Å². The van der Waals surface area contributed by atoms with E-state index in [4.69, 9.17) is 14.2 Å². The van der Waals surface area contributed by atoms with Crippen molar-refractivity contribution in [2.75, 3.05) is 26.9 Å². The van der Waals surface area contributed by atoms with Crippen LogP contribution >= 0.6 is 0 Å². The highest BCUT2D eigenvalue weighted by molar-refractivity contribution is 5.89. The lowest BCUT2D eigenvalue weighted by molar-refractivity contribution is 0.0335. The molecule has 0 saturated carbocycles. The van der Waals surface area contributed by atoms with Gasteiger partial charge in [-0.3, -0.25) is 0 Å². The molecule has 0 aliphatic carbocycles. The van der Waals surface area contributed by atoms with E-state index in [9.17, 15) is 4.79 Å². The second-order valence-electron chi connectivity index (χ2n) is 3.46. The van der Waals surface area contributed by atoms with Crippen molar-refractivity contribution in [1.29, 1.82) is 0 Å². The quantitative estimate of drug-likeness (QED) is 0.538. The third kappa shape index (κ3) is 4.97. The fourth-order valence-electron chi connectivity index (χ4n) is 1.32. The number of benzene rings is 1. The Morgan fingerprint density at radius 3 is 2.47 bits per heavy atom. The lowest BCUT2D eigenvalue weighted by atomic mass is 10.1. The Bertz CT molecular complexity index is 332. The fraction of sp³-hybridized carbons (Fsp3) is 0.462. The highest BCUT2D eigenvalue weighted by Gasteiger charge is 2.06. The maximum Gasteiger partial charge on any atom is 0.338 e. The molecule has 0 amide bonds. The van der Waals surface area contributed by atoms with Crippen molar-refractivity contribution < 1.29 is 19.0 Å². The second kappa shape index (κ2) is 7.81. The number of rotatable bonds is 7. The summed E-state index contributed by atoms with van der Waals surface area (Å²) < 4.78 is 15.1. The molecule has 17 heavy (non-hydrogen) atoms. The van der Waals surface area contributed by atoms with Gasteiger partial charge in [0.05, 0.1) is 18.8 Å². The first-order valence-electron chi connectivity index (χ1n) is 5.60. The van der Waals surface area contributed by atoms with E-state index in [1.165, 1.54) is 0 Å². The predicted octanol–water partition coefficient (Wildman–Crippen LogP) is 2.03. The van der Waals surface area contributed by atoms with Gasteiger partial charge in [-0.05, 0) is 24.6 Å². The van der Waals surface area contributed by atoms with Crippen molar-refractivity contribution in [1.82, 2.24) is 0 Å². The highest BCUT2D eigenvalue weighted by atomic mass is 16.6. The summed E-state index contributed by atoms with van der Waals surface area (Å²) in [7, 11) is 1.63. The van der Waals surface area contributed by atoms with Crippen molar-refractivity contribution in [3.63, 3.8) is 0 Å². The van der Waals surface area contributed by atoms with E-state index in [2.05, 4.69) is 0 Å². The Morgan fingerprint density at radius 1 is 1.18 bits per heavy atom. The van der Waals surface area contributed by atoms with Gasteiger partial charge in [-0.2, -0.15) is 0 Å². The van der Waals surface area contributed by atoms with Gasteiger partial charge >= 0.3 is 5.97 Å². The summed E-state index contributed by atoms with van der Waals surface area (Å²) in [4.78, 5) is 11.6. The molecule has 1 aromatic carbocycles. The standard InChI is InChI=1S/C13H18O4/c1-3-16-8-9-17-13(14)12-6-4-11(5-7-12)10-15-2/h4-7H,3,8-10H2,1-2H3. The lowest BCUT2D eigenvalue weighted by Gasteiger charge is -2.05. The van der Waals surface area contributed by atoms with Gasteiger partial charge in [-0.15, -0.1) is 0 Å². The maximum atomic E-state index is 11.6. The zero-order chi connectivity index (χ0) is 12.5. The zero-order valence-corrected chi connectivity index (χ0v) is 10.3. The molecule has 0 radical (unpaired) electrons. The summed E-state index contributed by atoms with van der Waals surface area (Å²) in [5.41, 5.74) is 1.57. The van der Waals surface area contributed by atoms with Crippen LogP contribution in [0.25, 0.3) is 0 Å². The first-order valence-corrected chi connectivity index (χ1v) is 5.60. The van der Waals surface area contributed by atoms with Crippen LogP contribution in [-0.4, -0.2) is 32.9 Å². The van der Waals surface area contributed by atoms with Gasteiger partial charge in [0.1, 0.15) is 6.61 Å². The van der Waals surface area contributed by atoms with Crippen LogP contribution in [0.3, 0.4) is 0 Å². The second-order valence-corrected chi connectivity index (χ2v) is 3.46. The minimum atomic E-state index is -0.325. The van der Waals surface area contributed by atoms with Gasteiger partial charge in [0.2, 0.25) is 0 Å². The molecular weight excluding hydrogens is 220 g/mol. The van der Waals surface area contributed by atoms with Crippen LogP contribution < -0.4 is 0 Å². The molecule has 1 aromatic rings. The molecule has 0 heterocycles. The van der Waals surface area contributed by atoms with E-state index in [0.29, 0.717) is 25.4 Å². The maximum absolute atomic E-state index is 11.6. The average molecular weight is 238 g/mol. The van der Waals surface area contributed by atoms with E-state index >= 15 is 0 Å². The number of carbonyl (C=O) groups excluding carboxylic acids is 1. The Morgan fingerprint density at radius 2 is 1.88 bits per heavy atom. The normalized spacial score (nSPS) is 10.2. The molecule has 94 valence electrons. The van der Waals surface area contributed by atoms with Crippen molar-refractivity contribution in [3.8, 4) is 0 Å². The van der Waals surface area contributed by atoms with E-state index < -0.39 is 0 Å². The summed E-state index contributed by atoms with van der Waals surface area (Å²) in [6, 6.07) is 7.17. The molecule has 0 unspecified atom stereocenters. The SMILES string of the molecule is CCOCCOC(=O)c1ccc(COC)cc1. The first kappa shape index (κ1) is 13.7. The van der Waals surface area contributed by atoms with Crippen LogP contribution in [0, 0.1) is 0 Å². The van der Waals surface area contributed by atoms with Crippen molar-refractivity contribution >= 4 is 5.97 Å². The molecule has 0 fully saturated rings. The van der Waals surface area contributed by atoms with Crippen LogP contribution in [0.15, 0.2) is 24.3 Å². The predicted molar refractivity (Wildman–Crippen MR) is 63.9 cm³/mol. The summed E-state index contributed by atoms with van der Waals surface area (Å²) >= 11 is 0. The zero-order valence-electron chi connectivity index (χ0n) is 10.3. The number of ether oxygens (including phenoxy) is 3. The first-order chi connectivity index (χ1) is 8.27. The molecule has 0 atom stereocenters. The summed E-state index contributed by atoms with van der Waals surface area (Å²) in [6.45, 7) is 3.79. The largest absolute Gasteiger partial charge is 0.460 e. The van der Waals surface area contributed by atoms with Crippen LogP contribution in [0.1, 0.15) is 22.8 Å². The molecule has 0 aromatic heterocycles. The third-order valence-corrected chi connectivity index (χ3v) is 2.17. The van der Waals surface area contributed by atoms with Crippen LogP contribution in [0.5, 0.6) is 0 Å². The molecule has 0 aliphatic rings.